The molecule has 4 rings (SSSR count). The number of nitrogens with zero attached hydrogens (tertiary/aromatic N) is 3. The highest BCUT2D eigenvalue weighted by atomic mass is 127. The van der Waals surface area contributed by atoms with Gasteiger partial charge in [0.2, 0.25) is 0 Å². The van der Waals surface area contributed by atoms with Gasteiger partial charge in [0.1, 0.15) is 0 Å². The molecule has 3 heterocycles. The van der Waals surface area contributed by atoms with Crippen molar-refractivity contribution in [2.45, 2.75) is 32.0 Å². The Hall–Kier alpha value is -2.17. The van der Waals surface area contributed by atoms with Gasteiger partial charge in [-0.15, -0.1) is 35.3 Å². The van der Waals surface area contributed by atoms with Gasteiger partial charge in [-0.25, -0.2) is 0 Å². The molecule has 1 atom stereocenters. The largest absolute Gasteiger partial charge is 0.354 e. The van der Waals surface area contributed by atoms with Crippen LogP contribution in [-0.2, 0) is 13.1 Å². The van der Waals surface area contributed by atoms with E-state index in [1.807, 2.05) is 30.6 Å². The second-order valence-corrected chi connectivity index (χ2v) is 9.04. The molecule has 1 fully saturated rings. The molecule has 176 valence electrons. The molecule has 0 radical (unpaired) electrons. The minimum atomic E-state index is 0. The average Bonchev–Trinajstić information content (AvgIpc) is 3.54. The zero-order valence-electron chi connectivity index (χ0n) is 18.9. The van der Waals surface area contributed by atoms with Crippen LogP contribution in [0.2, 0.25) is 0 Å². The molecule has 1 aromatic carbocycles. The van der Waals surface area contributed by atoms with Gasteiger partial charge in [0.25, 0.3) is 5.56 Å². The number of thiophene rings is 1. The molecule has 2 aromatic heterocycles. The first-order valence-electron chi connectivity index (χ1n) is 11.2. The molecule has 1 aliphatic heterocycles. The highest BCUT2D eigenvalue weighted by Gasteiger charge is 2.24. The number of benzene rings is 1. The average molecular weight is 578 g/mol. The Labute approximate surface area is 216 Å². The summed E-state index contributed by atoms with van der Waals surface area (Å²) in [5, 5.41) is 9.10. The molecule has 0 aliphatic carbocycles. The molecule has 1 aliphatic rings. The predicted molar refractivity (Wildman–Crippen MR) is 148 cm³/mol. The number of rotatable bonds is 8. The summed E-state index contributed by atoms with van der Waals surface area (Å²) in [6.45, 7) is 4.44. The fourth-order valence-corrected chi connectivity index (χ4v) is 4.95. The summed E-state index contributed by atoms with van der Waals surface area (Å²) in [6, 6.07) is 18.3. The van der Waals surface area contributed by atoms with Crippen molar-refractivity contribution in [1.82, 2.24) is 20.1 Å². The summed E-state index contributed by atoms with van der Waals surface area (Å²) in [4.78, 5) is 20.3. The van der Waals surface area contributed by atoms with Crippen molar-refractivity contribution in [3.8, 4) is 0 Å². The van der Waals surface area contributed by atoms with E-state index < -0.39 is 0 Å². The topological polar surface area (TPSA) is 61.7 Å². The van der Waals surface area contributed by atoms with Gasteiger partial charge in [-0.2, -0.15) is 0 Å². The van der Waals surface area contributed by atoms with Crippen molar-refractivity contribution in [2.75, 3.05) is 26.7 Å². The molecule has 33 heavy (non-hydrogen) atoms. The van der Waals surface area contributed by atoms with E-state index >= 15 is 0 Å². The Morgan fingerprint density at radius 3 is 2.45 bits per heavy atom. The maximum absolute atomic E-state index is 11.9. The lowest BCUT2D eigenvalue weighted by molar-refractivity contribution is 0.249. The van der Waals surface area contributed by atoms with Gasteiger partial charge in [0.05, 0.1) is 12.6 Å². The number of halogens is 1. The van der Waals surface area contributed by atoms with Crippen molar-refractivity contribution in [3.05, 3.63) is 92.5 Å². The minimum Gasteiger partial charge on any atom is -0.354 e. The lowest BCUT2D eigenvalue weighted by atomic mass is 10.1. The zero-order valence-corrected chi connectivity index (χ0v) is 22.1. The summed E-state index contributed by atoms with van der Waals surface area (Å²) >= 11 is 1.83. The van der Waals surface area contributed by atoms with E-state index in [9.17, 15) is 4.79 Å². The summed E-state index contributed by atoms with van der Waals surface area (Å²) in [6.07, 6.45) is 4.38. The van der Waals surface area contributed by atoms with Crippen molar-refractivity contribution in [2.24, 2.45) is 4.99 Å². The Kier molecular flexibility index (Phi) is 9.95. The molecule has 1 unspecified atom stereocenters. The van der Waals surface area contributed by atoms with Crippen LogP contribution < -0.4 is 16.2 Å². The van der Waals surface area contributed by atoms with Crippen LogP contribution in [0.15, 0.2) is 76.0 Å². The monoisotopic (exact) mass is 577 g/mol. The minimum absolute atomic E-state index is 0. The second kappa shape index (κ2) is 12.9. The number of aliphatic imine (C=N–C) groups is 1. The van der Waals surface area contributed by atoms with Crippen LogP contribution in [0.1, 0.15) is 34.9 Å². The van der Waals surface area contributed by atoms with Crippen LogP contribution in [-0.4, -0.2) is 42.1 Å². The third kappa shape index (κ3) is 7.15. The molecule has 8 heteroatoms. The van der Waals surface area contributed by atoms with Crippen molar-refractivity contribution in [3.63, 3.8) is 0 Å². The number of likely N-dealkylation sites (tertiary alicyclic amines) is 1. The fourth-order valence-electron chi connectivity index (χ4n) is 4.09. The van der Waals surface area contributed by atoms with E-state index in [0.717, 1.165) is 31.2 Å². The van der Waals surface area contributed by atoms with Crippen LogP contribution >= 0.6 is 35.3 Å². The van der Waals surface area contributed by atoms with Gasteiger partial charge in [0.15, 0.2) is 5.96 Å². The highest BCUT2D eigenvalue weighted by Crippen LogP contribution is 2.27. The first-order valence-corrected chi connectivity index (χ1v) is 12.1. The quantitative estimate of drug-likeness (QED) is 0.241. The Morgan fingerprint density at radius 1 is 1.03 bits per heavy atom. The van der Waals surface area contributed by atoms with E-state index in [1.54, 1.807) is 16.7 Å². The molecular formula is C25H32IN5OS. The van der Waals surface area contributed by atoms with Gasteiger partial charge in [-0.05, 0) is 54.6 Å². The van der Waals surface area contributed by atoms with Gasteiger partial charge >= 0.3 is 0 Å². The van der Waals surface area contributed by atoms with E-state index in [-0.39, 0.29) is 29.5 Å². The second-order valence-electron chi connectivity index (χ2n) is 8.06. The van der Waals surface area contributed by atoms with E-state index in [0.29, 0.717) is 19.1 Å². The third-order valence-electron chi connectivity index (χ3n) is 5.87. The Balaban J connectivity index is 0.00000306. The number of hydrogen-bond donors (Lipinski definition) is 2. The van der Waals surface area contributed by atoms with Gasteiger partial charge in [-0.3, -0.25) is 14.7 Å². The number of hydrogen-bond acceptors (Lipinski definition) is 4. The molecule has 0 amide bonds. The highest BCUT2D eigenvalue weighted by molar-refractivity contribution is 14.0. The standard InChI is InChI=1S/C25H31N5OS.HI/c1-26-25(28-18-22(23-7-6-16-32-23)29-13-4-5-14-29)27-17-20-9-11-21(12-10-20)19-30-15-3-2-8-24(30)31;/h2-3,6-12,15-16,22H,4-5,13-14,17-19H2,1H3,(H2,26,27,28);1H. The van der Waals surface area contributed by atoms with Crippen molar-refractivity contribution < 1.29 is 0 Å². The van der Waals surface area contributed by atoms with Crippen LogP contribution in [0, 0.1) is 0 Å². The van der Waals surface area contributed by atoms with Crippen LogP contribution in [0.5, 0.6) is 0 Å². The molecule has 0 spiro atoms. The van der Waals surface area contributed by atoms with E-state index in [4.69, 9.17) is 0 Å². The smallest absolute Gasteiger partial charge is 0.250 e. The van der Waals surface area contributed by atoms with Gasteiger partial charge in [-0.1, -0.05) is 36.4 Å². The first-order chi connectivity index (χ1) is 15.7. The van der Waals surface area contributed by atoms with Crippen molar-refractivity contribution >= 4 is 41.3 Å². The maximum Gasteiger partial charge on any atom is 0.250 e. The van der Waals surface area contributed by atoms with Crippen LogP contribution in [0.4, 0.5) is 0 Å². The first kappa shape index (κ1) is 25.5. The normalized spacial score (nSPS) is 15.1. The molecule has 0 saturated carbocycles. The zero-order chi connectivity index (χ0) is 22.2. The van der Waals surface area contributed by atoms with E-state index in [2.05, 4.69) is 62.3 Å². The maximum atomic E-state index is 11.9. The van der Waals surface area contributed by atoms with Gasteiger partial charge in [0, 0.05) is 37.3 Å². The van der Waals surface area contributed by atoms with Crippen LogP contribution in [0.25, 0.3) is 0 Å². The summed E-state index contributed by atoms with van der Waals surface area (Å²) in [5.74, 6) is 0.811. The number of guanidine groups is 1. The van der Waals surface area contributed by atoms with Crippen molar-refractivity contribution in [1.29, 1.82) is 0 Å². The van der Waals surface area contributed by atoms with Gasteiger partial charge < -0.3 is 15.2 Å². The summed E-state index contributed by atoms with van der Waals surface area (Å²) < 4.78 is 1.71. The number of pyridine rings is 1. The molecule has 0 bridgehead atoms. The molecular weight excluding hydrogens is 545 g/mol. The summed E-state index contributed by atoms with van der Waals surface area (Å²) in [7, 11) is 1.81. The fraction of sp³-hybridized carbons (Fsp3) is 0.360. The molecule has 1 saturated heterocycles. The Morgan fingerprint density at radius 2 is 1.79 bits per heavy atom. The predicted octanol–water partition coefficient (Wildman–Crippen LogP) is 4.08. The molecule has 6 nitrogen and oxygen atoms in total. The van der Waals surface area contributed by atoms with Crippen LogP contribution in [0.3, 0.4) is 0 Å². The Bertz CT molecular complexity index is 1060. The lowest BCUT2D eigenvalue weighted by Crippen LogP contribution is -2.42. The lowest BCUT2D eigenvalue weighted by Gasteiger charge is -2.27. The molecule has 3 aromatic rings. The molecule has 2 N–H and O–H groups in total. The SMILES string of the molecule is CN=C(NCc1ccc(Cn2ccccc2=O)cc1)NCC(c1cccs1)N1CCCC1.I. The third-order valence-corrected chi connectivity index (χ3v) is 6.85. The summed E-state index contributed by atoms with van der Waals surface area (Å²) in [5.41, 5.74) is 2.29. The number of nitrogens with one attached hydrogen (secondary N) is 2. The number of aromatic nitrogens is 1. The van der Waals surface area contributed by atoms with E-state index in [1.165, 1.54) is 23.3 Å².